The molecular weight excluding hydrogens is 291 g/mol. The zero-order chi connectivity index (χ0) is 11.5. The summed E-state index contributed by atoms with van der Waals surface area (Å²) in [6.07, 6.45) is 0.757. The summed E-state index contributed by atoms with van der Waals surface area (Å²) < 4.78 is 13.9. The van der Waals surface area contributed by atoms with Crippen molar-refractivity contribution >= 4 is 27.3 Å². The predicted molar refractivity (Wildman–Crippen MR) is 68.0 cm³/mol. The Morgan fingerprint density at radius 3 is 2.88 bits per heavy atom. The Morgan fingerprint density at radius 1 is 1.38 bits per heavy atom. The van der Waals surface area contributed by atoms with E-state index >= 15 is 0 Å². The molecule has 1 aromatic carbocycles. The predicted octanol–water partition coefficient (Wildman–Crippen LogP) is 3.21. The largest absolute Gasteiger partial charge is 0.330 e. The average Bonchev–Trinajstić information content (AvgIpc) is 2.65. The molecule has 0 unspecified atom stereocenters. The molecule has 0 aliphatic rings. The van der Waals surface area contributed by atoms with Crippen LogP contribution in [0.2, 0.25) is 0 Å². The Bertz CT molecular complexity index is 478. The summed E-state index contributed by atoms with van der Waals surface area (Å²) in [6.45, 7) is 0.579. The summed E-state index contributed by atoms with van der Waals surface area (Å²) in [6, 6.07) is 4.77. The van der Waals surface area contributed by atoms with E-state index in [1.165, 1.54) is 23.5 Å². The lowest BCUT2D eigenvalue weighted by Gasteiger charge is -1.98. The van der Waals surface area contributed by atoms with Gasteiger partial charge in [-0.15, -0.1) is 11.3 Å². The van der Waals surface area contributed by atoms with Gasteiger partial charge in [0.1, 0.15) is 10.8 Å². The molecule has 0 amide bonds. The van der Waals surface area contributed by atoms with Crippen LogP contribution in [0, 0.1) is 5.82 Å². The molecule has 0 bridgehead atoms. The van der Waals surface area contributed by atoms with Crippen LogP contribution in [-0.4, -0.2) is 11.5 Å². The van der Waals surface area contributed by atoms with E-state index in [4.69, 9.17) is 5.73 Å². The number of halogens is 2. The highest BCUT2D eigenvalue weighted by Crippen LogP contribution is 2.27. The maximum atomic E-state index is 13.2. The minimum atomic E-state index is -0.264. The van der Waals surface area contributed by atoms with Crippen LogP contribution in [0.4, 0.5) is 4.39 Å². The van der Waals surface area contributed by atoms with Crippen LogP contribution >= 0.6 is 27.3 Å². The van der Waals surface area contributed by atoms with Crippen molar-refractivity contribution in [2.24, 2.45) is 5.73 Å². The fourth-order valence-electron chi connectivity index (χ4n) is 1.38. The lowest BCUT2D eigenvalue weighted by Crippen LogP contribution is -2.02. The van der Waals surface area contributed by atoms with Gasteiger partial charge in [-0.2, -0.15) is 0 Å². The zero-order valence-electron chi connectivity index (χ0n) is 8.41. The van der Waals surface area contributed by atoms with Crippen molar-refractivity contribution in [2.45, 2.75) is 6.42 Å². The van der Waals surface area contributed by atoms with Gasteiger partial charge in [0.25, 0.3) is 0 Å². The maximum Gasteiger partial charge on any atom is 0.125 e. The molecule has 0 atom stereocenters. The Kier molecular flexibility index (Phi) is 3.68. The molecule has 5 heteroatoms. The summed E-state index contributed by atoms with van der Waals surface area (Å²) >= 11 is 4.77. The van der Waals surface area contributed by atoms with Crippen LogP contribution < -0.4 is 5.73 Å². The topological polar surface area (TPSA) is 38.9 Å². The van der Waals surface area contributed by atoms with Crippen LogP contribution in [0.1, 0.15) is 5.69 Å². The van der Waals surface area contributed by atoms with Gasteiger partial charge in [-0.25, -0.2) is 9.37 Å². The van der Waals surface area contributed by atoms with Crippen LogP contribution in [0.5, 0.6) is 0 Å². The van der Waals surface area contributed by atoms with Crippen molar-refractivity contribution < 1.29 is 4.39 Å². The molecule has 84 valence electrons. The quantitative estimate of drug-likeness (QED) is 0.945. The average molecular weight is 301 g/mol. The second kappa shape index (κ2) is 5.03. The first kappa shape index (κ1) is 11.7. The monoisotopic (exact) mass is 300 g/mol. The van der Waals surface area contributed by atoms with Gasteiger partial charge in [0.05, 0.1) is 5.69 Å². The summed E-state index contributed by atoms with van der Waals surface area (Å²) in [5.41, 5.74) is 7.21. The van der Waals surface area contributed by atoms with Crippen molar-refractivity contribution in [1.82, 2.24) is 4.98 Å². The molecule has 0 aliphatic heterocycles. The first-order chi connectivity index (χ1) is 7.69. The summed E-state index contributed by atoms with van der Waals surface area (Å²) in [7, 11) is 0. The first-order valence-corrected chi connectivity index (χ1v) is 6.47. The molecular formula is C11H10BrFN2S. The number of nitrogens with two attached hydrogens (primary N) is 1. The SMILES string of the molecule is NCCc1csc(-c2cc(F)cc(Br)c2)n1. The molecule has 16 heavy (non-hydrogen) atoms. The molecule has 0 fully saturated rings. The van der Waals surface area contributed by atoms with Crippen LogP contribution in [0.3, 0.4) is 0 Å². The summed E-state index contributed by atoms with van der Waals surface area (Å²) in [5.74, 6) is -0.264. The molecule has 2 rings (SSSR count). The zero-order valence-corrected chi connectivity index (χ0v) is 10.8. The summed E-state index contributed by atoms with van der Waals surface area (Å²) in [4.78, 5) is 4.40. The molecule has 2 N–H and O–H groups in total. The second-order valence-corrected chi connectivity index (χ2v) is 5.11. The van der Waals surface area contributed by atoms with E-state index in [2.05, 4.69) is 20.9 Å². The molecule has 0 aliphatic carbocycles. The number of hydrogen-bond donors (Lipinski definition) is 1. The van der Waals surface area contributed by atoms with Crippen molar-refractivity contribution in [3.05, 3.63) is 39.6 Å². The van der Waals surface area contributed by atoms with Gasteiger partial charge in [0.15, 0.2) is 0 Å². The van der Waals surface area contributed by atoms with Crippen molar-refractivity contribution in [1.29, 1.82) is 0 Å². The Balaban J connectivity index is 2.34. The molecule has 0 saturated heterocycles. The van der Waals surface area contributed by atoms with Gasteiger partial charge in [0, 0.05) is 21.8 Å². The van der Waals surface area contributed by atoms with E-state index in [1.807, 2.05) is 11.4 Å². The fourth-order valence-corrected chi connectivity index (χ4v) is 2.69. The number of thiazole rings is 1. The van der Waals surface area contributed by atoms with E-state index in [9.17, 15) is 4.39 Å². The van der Waals surface area contributed by atoms with Crippen molar-refractivity contribution in [3.63, 3.8) is 0 Å². The highest BCUT2D eigenvalue weighted by atomic mass is 79.9. The Hall–Kier alpha value is -0.780. The Labute approximate surface area is 105 Å². The third kappa shape index (κ3) is 2.66. The van der Waals surface area contributed by atoms with Crippen molar-refractivity contribution in [2.75, 3.05) is 6.54 Å². The normalized spacial score (nSPS) is 10.7. The lowest BCUT2D eigenvalue weighted by atomic mass is 10.2. The number of benzene rings is 1. The van der Waals surface area contributed by atoms with E-state index in [0.717, 1.165) is 27.2 Å². The van der Waals surface area contributed by atoms with Gasteiger partial charge in [-0.1, -0.05) is 15.9 Å². The number of aromatic nitrogens is 1. The molecule has 1 aromatic heterocycles. The van der Waals surface area contributed by atoms with Gasteiger partial charge < -0.3 is 5.73 Å². The molecule has 0 radical (unpaired) electrons. The van der Waals surface area contributed by atoms with Gasteiger partial charge in [0.2, 0.25) is 0 Å². The van der Waals surface area contributed by atoms with Gasteiger partial charge in [-0.05, 0) is 24.7 Å². The summed E-state index contributed by atoms with van der Waals surface area (Å²) in [5, 5.41) is 2.78. The van der Waals surface area contributed by atoms with E-state index in [0.29, 0.717) is 6.54 Å². The number of rotatable bonds is 3. The minimum Gasteiger partial charge on any atom is -0.330 e. The minimum absolute atomic E-state index is 0.264. The second-order valence-electron chi connectivity index (χ2n) is 3.34. The van der Waals surface area contributed by atoms with Gasteiger partial charge in [-0.3, -0.25) is 0 Å². The lowest BCUT2D eigenvalue weighted by molar-refractivity contribution is 0.627. The van der Waals surface area contributed by atoms with Crippen molar-refractivity contribution in [3.8, 4) is 10.6 Å². The third-order valence-electron chi connectivity index (χ3n) is 2.06. The molecule has 0 saturated carbocycles. The number of nitrogens with zero attached hydrogens (tertiary/aromatic N) is 1. The van der Waals surface area contributed by atoms with Gasteiger partial charge >= 0.3 is 0 Å². The number of hydrogen-bond acceptors (Lipinski definition) is 3. The highest BCUT2D eigenvalue weighted by molar-refractivity contribution is 9.10. The molecule has 1 heterocycles. The van der Waals surface area contributed by atoms with Crippen LogP contribution in [0.25, 0.3) is 10.6 Å². The maximum absolute atomic E-state index is 13.2. The smallest absolute Gasteiger partial charge is 0.125 e. The van der Waals surface area contributed by atoms with Crippen LogP contribution in [0.15, 0.2) is 28.1 Å². The molecule has 2 nitrogen and oxygen atoms in total. The van der Waals surface area contributed by atoms with E-state index in [-0.39, 0.29) is 5.82 Å². The standard InChI is InChI=1S/C11H10BrFN2S/c12-8-3-7(4-9(13)5-8)11-15-10(1-2-14)6-16-11/h3-6H,1-2,14H2. The molecule has 0 spiro atoms. The van der Waals surface area contributed by atoms with E-state index < -0.39 is 0 Å². The van der Waals surface area contributed by atoms with E-state index in [1.54, 1.807) is 0 Å². The first-order valence-electron chi connectivity index (χ1n) is 4.80. The Morgan fingerprint density at radius 2 is 2.19 bits per heavy atom. The fraction of sp³-hybridized carbons (Fsp3) is 0.182. The molecule has 2 aromatic rings. The highest BCUT2D eigenvalue weighted by Gasteiger charge is 2.06. The van der Waals surface area contributed by atoms with Crippen LogP contribution in [-0.2, 0) is 6.42 Å². The third-order valence-corrected chi connectivity index (χ3v) is 3.46.